The van der Waals surface area contributed by atoms with E-state index in [0.717, 1.165) is 0 Å². The van der Waals surface area contributed by atoms with Gasteiger partial charge < -0.3 is 20.5 Å². The fourth-order valence-electron chi connectivity index (χ4n) is 1.97. The number of carboxylic acid groups (broad SMARTS) is 1. The standard InChI is InChI=1S/C15H26N2O6/c1-6-23-15(22)9(4)7-11(14(20)21)17-13(19)12(8(2)3)16-10(5)18/h8-9,11-12H,6-7H2,1-5H3,(H,16,18)(H,17,19)(H,20,21)/t9-,11-,12-/m1/s1. The molecule has 0 unspecified atom stereocenters. The van der Waals surface area contributed by atoms with E-state index in [0.29, 0.717) is 0 Å². The highest BCUT2D eigenvalue weighted by atomic mass is 16.5. The van der Waals surface area contributed by atoms with Gasteiger partial charge in [-0.05, 0) is 19.3 Å². The van der Waals surface area contributed by atoms with Crippen LogP contribution in [0.3, 0.4) is 0 Å². The fourth-order valence-corrected chi connectivity index (χ4v) is 1.97. The van der Waals surface area contributed by atoms with Crippen molar-refractivity contribution in [3.8, 4) is 0 Å². The van der Waals surface area contributed by atoms with Gasteiger partial charge in [0.15, 0.2) is 0 Å². The zero-order chi connectivity index (χ0) is 18.2. The lowest BCUT2D eigenvalue weighted by atomic mass is 9.99. The summed E-state index contributed by atoms with van der Waals surface area (Å²) < 4.78 is 4.83. The molecule has 23 heavy (non-hydrogen) atoms. The monoisotopic (exact) mass is 330 g/mol. The van der Waals surface area contributed by atoms with Gasteiger partial charge in [-0.1, -0.05) is 20.8 Å². The smallest absolute Gasteiger partial charge is 0.326 e. The van der Waals surface area contributed by atoms with Gasteiger partial charge >= 0.3 is 11.9 Å². The van der Waals surface area contributed by atoms with Crippen LogP contribution in [0, 0.1) is 11.8 Å². The average Bonchev–Trinajstić information content (AvgIpc) is 2.43. The molecule has 0 aliphatic rings. The summed E-state index contributed by atoms with van der Waals surface area (Å²) in [7, 11) is 0. The second-order valence-corrected chi connectivity index (χ2v) is 5.71. The summed E-state index contributed by atoms with van der Waals surface area (Å²) in [4.78, 5) is 46.3. The van der Waals surface area contributed by atoms with Crippen molar-refractivity contribution < 1.29 is 29.0 Å². The van der Waals surface area contributed by atoms with Crippen LogP contribution in [-0.2, 0) is 23.9 Å². The molecule has 0 saturated carbocycles. The summed E-state index contributed by atoms with van der Waals surface area (Å²) >= 11 is 0. The Balaban J connectivity index is 4.91. The van der Waals surface area contributed by atoms with Crippen molar-refractivity contribution in [1.82, 2.24) is 10.6 Å². The van der Waals surface area contributed by atoms with Crippen LogP contribution in [0.5, 0.6) is 0 Å². The number of carboxylic acids is 1. The van der Waals surface area contributed by atoms with Gasteiger partial charge in [-0.3, -0.25) is 14.4 Å². The Morgan fingerprint density at radius 3 is 2.04 bits per heavy atom. The molecule has 3 atom stereocenters. The number of esters is 1. The minimum absolute atomic E-state index is 0.0925. The van der Waals surface area contributed by atoms with Crippen molar-refractivity contribution in [2.45, 2.75) is 53.1 Å². The van der Waals surface area contributed by atoms with Crippen LogP contribution >= 0.6 is 0 Å². The summed E-state index contributed by atoms with van der Waals surface area (Å²) in [5.41, 5.74) is 0. The number of amides is 2. The van der Waals surface area contributed by atoms with Gasteiger partial charge in [-0.2, -0.15) is 0 Å². The Bertz CT molecular complexity index is 449. The van der Waals surface area contributed by atoms with Crippen LogP contribution in [0.4, 0.5) is 0 Å². The van der Waals surface area contributed by atoms with Crippen LogP contribution in [0.1, 0.15) is 41.0 Å². The SMILES string of the molecule is CCOC(=O)[C@H](C)C[C@@H](NC(=O)[C@H](NC(C)=O)C(C)C)C(=O)O. The summed E-state index contributed by atoms with van der Waals surface area (Å²) in [6.45, 7) is 8.13. The van der Waals surface area contributed by atoms with E-state index in [1.54, 1.807) is 20.8 Å². The van der Waals surface area contributed by atoms with E-state index >= 15 is 0 Å². The second kappa shape index (κ2) is 9.81. The van der Waals surface area contributed by atoms with Crippen LogP contribution < -0.4 is 10.6 Å². The Morgan fingerprint density at radius 2 is 1.65 bits per heavy atom. The molecule has 0 aromatic rings. The first-order chi connectivity index (χ1) is 10.6. The van der Waals surface area contributed by atoms with Crippen molar-refractivity contribution in [2.75, 3.05) is 6.61 Å². The quantitative estimate of drug-likeness (QED) is 0.523. The molecule has 0 aliphatic heterocycles. The number of hydrogen-bond donors (Lipinski definition) is 3. The highest BCUT2D eigenvalue weighted by Gasteiger charge is 2.30. The molecule has 2 amide bonds. The highest BCUT2D eigenvalue weighted by Crippen LogP contribution is 2.10. The molecule has 8 heteroatoms. The molecule has 0 bridgehead atoms. The molecule has 0 spiro atoms. The number of carbonyl (C=O) groups excluding carboxylic acids is 3. The Morgan fingerprint density at radius 1 is 1.09 bits per heavy atom. The third-order valence-corrected chi connectivity index (χ3v) is 3.20. The average molecular weight is 330 g/mol. The van der Waals surface area contributed by atoms with E-state index in [1.807, 2.05) is 0 Å². The largest absolute Gasteiger partial charge is 0.480 e. The number of carbonyl (C=O) groups is 4. The molecule has 0 aromatic heterocycles. The van der Waals surface area contributed by atoms with Crippen LogP contribution in [0.25, 0.3) is 0 Å². The maximum Gasteiger partial charge on any atom is 0.326 e. The van der Waals surface area contributed by atoms with Crippen molar-refractivity contribution >= 4 is 23.8 Å². The third kappa shape index (κ3) is 7.62. The van der Waals surface area contributed by atoms with Gasteiger partial charge in [0.25, 0.3) is 0 Å². The number of ether oxygens (including phenoxy) is 1. The molecule has 132 valence electrons. The molecule has 0 radical (unpaired) electrons. The molecule has 0 aromatic carbocycles. The number of nitrogens with one attached hydrogen (secondary N) is 2. The lowest BCUT2D eigenvalue weighted by Crippen LogP contribution is -2.53. The molecular weight excluding hydrogens is 304 g/mol. The van der Waals surface area contributed by atoms with Gasteiger partial charge in [0.1, 0.15) is 12.1 Å². The molecule has 0 aliphatic carbocycles. The molecular formula is C15H26N2O6. The topological polar surface area (TPSA) is 122 Å². The molecule has 3 N–H and O–H groups in total. The summed E-state index contributed by atoms with van der Waals surface area (Å²) in [5, 5.41) is 14.1. The van der Waals surface area contributed by atoms with E-state index < -0.39 is 35.8 Å². The van der Waals surface area contributed by atoms with Crippen molar-refractivity contribution in [3.63, 3.8) is 0 Å². The number of hydrogen-bond acceptors (Lipinski definition) is 5. The van der Waals surface area contributed by atoms with E-state index in [4.69, 9.17) is 4.74 Å². The Kier molecular flexibility index (Phi) is 8.90. The lowest BCUT2D eigenvalue weighted by molar-refractivity contribution is -0.149. The maximum absolute atomic E-state index is 12.2. The minimum atomic E-state index is -1.25. The summed E-state index contributed by atoms with van der Waals surface area (Å²) in [6, 6.07) is -2.08. The molecule has 0 fully saturated rings. The highest BCUT2D eigenvalue weighted by molar-refractivity contribution is 5.90. The normalized spacial score (nSPS) is 14.5. The van der Waals surface area contributed by atoms with Gasteiger partial charge in [0.05, 0.1) is 12.5 Å². The Hall–Kier alpha value is -2.12. The molecule has 0 rings (SSSR count). The predicted octanol–water partition coefficient (Wildman–Crippen LogP) is 0.306. The van der Waals surface area contributed by atoms with Gasteiger partial charge in [-0.15, -0.1) is 0 Å². The van der Waals surface area contributed by atoms with E-state index in [-0.39, 0.29) is 24.9 Å². The zero-order valence-electron chi connectivity index (χ0n) is 14.2. The predicted molar refractivity (Wildman–Crippen MR) is 82.4 cm³/mol. The maximum atomic E-state index is 12.2. The first-order valence-corrected chi connectivity index (χ1v) is 7.57. The van der Waals surface area contributed by atoms with Crippen molar-refractivity contribution in [3.05, 3.63) is 0 Å². The minimum Gasteiger partial charge on any atom is -0.480 e. The van der Waals surface area contributed by atoms with Crippen LogP contribution in [-0.4, -0.2) is 47.6 Å². The van der Waals surface area contributed by atoms with E-state index in [2.05, 4.69) is 10.6 Å². The summed E-state index contributed by atoms with van der Waals surface area (Å²) in [6.07, 6.45) is -0.0925. The van der Waals surface area contributed by atoms with E-state index in [1.165, 1.54) is 13.8 Å². The van der Waals surface area contributed by atoms with Crippen LogP contribution in [0.15, 0.2) is 0 Å². The first-order valence-electron chi connectivity index (χ1n) is 7.57. The first kappa shape index (κ1) is 20.9. The summed E-state index contributed by atoms with van der Waals surface area (Å²) in [5.74, 6) is -3.63. The van der Waals surface area contributed by atoms with E-state index in [9.17, 15) is 24.3 Å². The van der Waals surface area contributed by atoms with Crippen molar-refractivity contribution in [2.24, 2.45) is 11.8 Å². The lowest BCUT2D eigenvalue weighted by Gasteiger charge is -2.24. The second-order valence-electron chi connectivity index (χ2n) is 5.71. The number of rotatable bonds is 9. The molecule has 0 saturated heterocycles. The number of aliphatic carboxylic acids is 1. The van der Waals surface area contributed by atoms with Crippen LogP contribution in [0.2, 0.25) is 0 Å². The third-order valence-electron chi connectivity index (χ3n) is 3.20. The Labute approximate surface area is 136 Å². The zero-order valence-corrected chi connectivity index (χ0v) is 14.2. The van der Waals surface area contributed by atoms with Gasteiger partial charge in [0.2, 0.25) is 11.8 Å². The van der Waals surface area contributed by atoms with Crippen molar-refractivity contribution in [1.29, 1.82) is 0 Å². The fraction of sp³-hybridized carbons (Fsp3) is 0.733. The van der Waals surface area contributed by atoms with Gasteiger partial charge in [-0.25, -0.2) is 4.79 Å². The molecule has 8 nitrogen and oxygen atoms in total. The molecule has 0 heterocycles. The van der Waals surface area contributed by atoms with Gasteiger partial charge in [0, 0.05) is 6.92 Å².